The Balaban J connectivity index is 2.11. The molecule has 0 saturated heterocycles. The fraction of sp³-hybridized carbons (Fsp3) is 0.308. The molecule has 2 aromatic rings. The second-order valence-corrected chi connectivity index (χ2v) is 4.16. The molecule has 0 unspecified atom stereocenters. The van der Waals surface area contributed by atoms with E-state index in [0.717, 1.165) is 11.3 Å². The fourth-order valence-corrected chi connectivity index (χ4v) is 1.78. The first-order valence-electron chi connectivity index (χ1n) is 5.57. The smallest absolute Gasteiger partial charge is 0.162 e. The molecule has 0 fully saturated rings. The van der Waals surface area contributed by atoms with Gasteiger partial charge in [0.15, 0.2) is 11.5 Å². The van der Waals surface area contributed by atoms with Crippen molar-refractivity contribution >= 4 is 11.6 Å². The van der Waals surface area contributed by atoms with Gasteiger partial charge in [-0.2, -0.15) is 5.10 Å². The molecule has 2 rings (SSSR count). The number of hydrogen-bond acceptors (Lipinski definition) is 3. The van der Waals surface area contributed by atoms with Crippen LogP contribution in [0.4, 0.5) is 0 Å². The minimum atomic E-state index is 0.406. The molecule has 0 N–H and O–H groups in total. The molecule has 1 heterocycles. The van der Waals surface area contributed by atoms with E-state index in [-0.39, 0.29) is 0 Å². The normalized spacial score (nSPS) is 10.4. The fourth-order valence-electron chi connectivity index (χ4n) is 1.61. The van der Waals surface area contributed by atoms with Crippen LogP contribution in [0.1, 0.15) is 11.3 Å². The van der Waals surface area contributed by atoms with Crippen LogP contribution in [0.15, 0.2) is 30.5 Å². The van der Waals surface area contributed by atoms with Crippen molar-refractivity contribution in [3.63, 3.8) is 0 Å². The summed E-state index contributed by atoms with van der Waals surface area (Å²) in [5.41, 5.74) is 1.87. The minimum Gasteiger partial charge on any atom is -0.493 e. The first kappa shape index (κ1) is 12.8. The molecule has 5 heteroatoms. The zero-order chi connectivity index (χ0) is 13.0. The lowest BCUT2D eigenvalue weighted by atomic mass is 10.2. The summed E-state index contributed by atoms with van der Waals surface area (Å²) >= 11 is 5.80. The molecule has 1 aromatic heterocycles. The SMILES string of the molecule is COc1ccc(CCl)cc1OCc1ccn(C)n1. The Hall–Kier alpha value is -1.68. The predicted octanol–water partition coefficient (Wildman–Crippen LogP) is 2.75. The van der Waals surface area contributed by atoms with Crippen molar-refractivity contribution < 1.29 is 9.47 Å². The lowest BCUT2D eigenvalue weighted by Gasteiger charge is -2.10. The van der Waals surface area contributed by atoms with Gasteiger partial charge in [0.05, 0.1) is 12.8 Å². The Morgan fingerprint density at radius 1 is 1.28 bits per heavy atom. The van der Waals surface area contributed by atoms with E-state index in [1.807, 2.05) is 37.5 Å². The zero-order valence-corrected chi connectivity index (χ0v) is 11.1. The number of halogens is 1. The Morgan fingerprint density at radius 3 is 2.72 bits per heavy atom. The summed E-state index contributed by atoms with van der Waals surface area (Å²) in [4.78, 5) is 0. The second kappa shape index (κ2) is 5.78. The molecule has 0 amide bonds. The third-order valence-electron chi connectivity index (χ3n) is 2.53. The topological polar surface area (TPSA) is 36.3 Å². The molecule has 0 bridgehead atoms. The molecule has 4 nitrogen and oxygen atoms in total. The van der Waals surface area contributed by atoms with Crippen molar-refractivity contribution in [1.29, 1.82) is 0 Å². The van der Waals surface area contributed by atoms with Crippen molar-refractivity contribution in [2.75, 3.05) is 7.11 Å². The number of aromatic nitrogens is 2. The minimum absolute atomic E-state index is 0.406. The summed E-state index contributed by atoms with van der Waals surface area (Å²) in [6.07, 6.45) is 1.88. The predicted molar refractivity (Wildman–Crippen MR) is 70.1 cm³/mol. The number of nitrogens with zero attached hydrogens (tertiary/aromatic N) is 2. The lowest BCUT2D eigenvalue weighted by Crippen LogP contribution is -2.00. The highest BCUT2D eigenvalue weighted by Crippen LogP contribution is 2.29. The molecule has 0 aliphatic heterocycles. The van der Waals surface area contributed by atoms with Crippen molar-refractivity contribution in [3.05, 3.63) is 41.7 Å². The molecule has 0 saturated carbocycles. The van der Waals surface area contributed by atoms with Crippen molar-refractivity contribution in [3.8, 4) is 11.5 Å². The van der Waals surface area contributed by atoms with Gasteiger partial charge in [0, 0.05) is 19.1 Å². The third-order valence-corrected chi connectivity index (χ3v) is 2.84. The molecule has 1 aromatic carbocycles. The van der Waals surface area contributed by atoms with Crippen LogP contribution in [0.5, 0.6) is 11.5 Å². The average Bonchev–Trinajstić information content (AvgIpc) is 2.81. The molecule has 18 heavy (non-hydrogen) atoms. The number of alkyl halides is 1. The standard InChI is InChI=1S/C13H15ClN2O2/c1-16-6-5-11(15-16)9-18-13-7-10(8-14)3-4-12(13)17-2/h3-7H,8-9H2,1-2H3. The van der Waals surface area contributed by atoms with Crippen LogP contribution in [0, 0.1) is 0 Å². The maximum Gasteiger partial charge on any atom is 0.162 e. The molecule has 0 aliphatic rings. The van der Waals surface area contributed by atoms with E-state index in [0.29, 0.717) is 24.0 Å². The molecule has 0 radical (unpaired) electrons. The maximum absolute atomic E-state index is 5.80. The van der Waals surface area contributed by atoms with E-state index in [1.165, 1.54) is 0 Å². The summed E-state index contributed by atoms with van der Waals surface area (Å²) in [5, 5.41) is 4.25. The van der Waals surface area contributed by atoms with E-state index in [2.05, 4.69) is 5.10 Å². The molecule has 96 valence electrons. The van der Waals surface area contributed by atoms with Gasteiger partial charge in [0.25, 0.3) is 0 Å². The largest absolute Gasteiger partial charge is 0.493 e. The van der Waals surface area contributed by atoms with E-state index in [9.17, 15) is 0 Å². The van der Waals surface area contributed by atoms with Crippen LogP contribution in [-0.2, 0) is 19.5 Å². The average molecular weight is 267 g/mol. The van der Waals surface area contributed by atoms with Crippen molar-refractivity contribution in [1.82, 2.24) is 9.78 Å². The summed E-state index contributed by atoms with van der Waals surface area (Å²) in [7, 11) is 3.49. The van der Waals surface area contributed by atoms with Crippen LogP contribution < -0.4 is 9.47 Å². The second-order valence-electron chi connectivity index (χ2n) is 3.89. The van der Waals surface area contributed by atoms with Crippen LogP contribution >= 0.6 is 11.6 Å². The highest BCUT2D eigenvalue weighted by atomic mass is 35.5. The molecule has 0 atom stereocenters. The molecule has 0 spiro atoms. The first-order valence-corrected chi connectivity index (χ1v) is 6.10. The van der Waals surface area contributed by atoms with Gasteiger partial charge >= 0.3 is 0 Å². The number of aryl methyl sites for hydroxylation is 1. The van der Waals surface area contributed by atoms with E-state index in [4.69, 9.17) is 21.1 Å². The number of hydrogen-bond donors (Lipinski definition) is 0. The molecule has 0 aliphatic carbocycles. The summed E-state index contributed by atoms with van der Waals surface area (Å²) in [6, 6.07) is 7.57. The Morgan fingerprint density at radius 2 is 2.11 bits per heavy atom. The molecular weight excluding hydrogens is 252 g/mol. The zero-order valence-electron chi connectivity index (χ0n) is 10.4. The van der Waals surface area contributed by atoms with Crippen LogP contribution in [-0.4, -0.2) is 16.9 Å². The van der Waals surface area contributed by atoms with Crippen LogP contribution in [0.25, 0.3) is 0 Å². The Bertz CT molecular complexity index is 525. The number of methoxy groups -OCH3 is 1. The first-order chi connectivity index (χ1) is 8.72. The number of rotatable bonds is 5. The molecular formula is C13H15ClN2O2. The highest BCUT2D eigenvalue weighted by Gasteiger charge is 2.06. The van der Waals surface area contributed by atoms with Gasteiger partial charge < -0.3 is 9.47 Å². The quantitative estimate of drug-likeness (QED) is 0.781. The summed E-state index contributed by atoms with van der Waals surface area (Å²) in [5.74, 6) is 1.82. The van der Waals surface area contributed by atoms with Gasteiger partial charge in [-0.05, 0) is 23.8 Å². The van der Waals surface area contributed by atoms with Gasteiger partial charge in [0.2, 0.25) is 0 Å². The van der Waals surface area contributed by atoms with E-state index in [1.54, 1.807) is 11.8 Å². The lowest BCUT2D eigenvalue weighted by molar-refractivity contribution is 0.279. The number of benzene rings is 1. The van der Waals surface area contributed by atoms with Gasteiger partial charge in [-0.1, -0.05) is 6.07 Å². The highest BCUT2D eigenvalue weighted by molar-refractivity contribution is 6.17. The number of ether oxygens (including phenoxy) is 2. The Kier molecular flexibility index (Phi) is 4.10. The summed E-state index contributed by atoms with van der Waals surface area (Å²) < 4.78 is 12.7. The van der Waals surface area contributed by atoms with Crippen molar-refractivity contribution in [2.24, 2.45) is 7.05 Å². The van der Waals surface area contributed by atoms with E-state index >= 15 is 0 Å². The summed E-state index contributed by atoms with van der Waals surface area (Å²) in [6.45, 7) is 0.406. The van der Waals surface area contributed by atoms with Crippen LogP contribution in [0.2, 0.25) is 0 Å². The van der Waals surface area contributed by atoms with E-state index < -0.39 is 0 Å². The van der Waals surface area contributed by atoms with Crippen LogP contribution in [0.3, 0.4) is 0 Å². The van der Waals surface area contributed by atoms with Gasteiger partial charge in [-0.15, -0.1) is 11.6 Å². The third kappa shape index (κ3) is 2.96. The maximum atomic E-state index is 5.80. The van der Waals surface area contributed by atoms with Gasteiger partial charge in [-0.3, -0.25) is 4.68 Å². The Labute approximate surface area is 111 Å². The monoisotopic (exact) mass is 266 g/mol. The van der Waals surface area contributed by atoms with Gasteiger partial charge in [-0.25, -0.2) is 0 Å². The van der Waals surface area contributed by atoms with Gasteiger partial charge in [0.1, 0.15) is 6.61 Å². The van der Waals surface area contributed by atoms with Crippen molar-refractivity contribution in [2.45, 2.75) is 12.5 Å².